The molecule has 1 amide bonds. The van der Waals surface area contributed by atoms with Gasteiger partial charge < -0.3 is 10.1 Å². The van der Waals surface area contributed by atoms with E-state index in [0.717, 1.165) is 6.07 Å². The van der Waals surface area contributed by atoms with Crippen LogP contribution in [0, 0.1) is 17.5 Å². The zero-order valence-electron chi connectivity index (χ0n) is 11.7. The summed E-state index contributed by atoms with van der Waals surface area (Å²) < 4.78 is 44.8. The molecule has 0 radical (unpaired) electrons. The van der Waals surface area contributed by atoms with E-state index in [0.29, 0.717) is 6.07 Å². The Kier molecular flexibility index (Phi) is 5.38. The lowest BCUT2D eigenvalue weighted by Crippen LogP contribution is -2.30. The predicted molar refractivity (Wildman–Crippen MR) is 81.5 cm³/mol. The van der Waals surface area contributed by atoms with Gasteiger partial charge in [-0.2, -0.15) is 0 Å². The highest BCUT2D eigenvalue weighted by Gasteiger charge is 2.20. The van der Waals surface area contributed by atoms with Gasteiger partial charge in [0.05, 0.1) is 10.7 Å². The van der Waals surface area contributed by atoms with Crippen molar-refractivity contribution in [1.82, 2.24) is 0 Å². The average Bonchev–Trinajstić information content (AvgIpc) is 2.52. The molecule has 23 heavy (non-hydrogen) atoms. The summed E-state index contributed by atoms with van der Waals surface area (Å²) in [4.78, 5) is 12.0. The molecular weight excluding hydrogens is 354 g/mol. The van der Waals surface area contributed by atoms with Crippen molar-refractivity contribution < 1.29 is 22.7 Å². The van der Waals surface area contributed by atoms with Crippen molar-refractivity contribution in [3.63, 3.8) is 0 Å². The Balaban J connectivity index is 2.12. The maximum absolute atomic E-state index is 13.5. The second-order valence-electron chi connectivity index (χ2n) is 4.52. The third-order valence-corrected chi connectivity index (χ3v) is 3.68. The van der Waals surface area contributed by atoms with Crippen LogP contribution in [0.5, 0.6) is 5.75 Å². The molecule has 0 aromatic heterocycles. The van der Waals surface area contributed by atoms with Crippen molar-refractivity contribution in [2.24, 2.45) is 0 Å². The molecule has 0 saturated carbocycles. The maximum Gasteiger partial charge on any atom is 0.265 e. The van der Waals surface area contributed by atoms with E-state index in [9.17, 15) is 18.0 Å². The highest BCUT2D eigenvalue weighted by molar-refractivity contribution is 6.42. The summed E-state index contributed by atoms with van der Waals surface area (Å²) in [6, 6.07) is 6.22. The van der Waals surface area contributed by atoms with Gasteiger partial charge in [-0.25, -0.2) is 13.2 Å². The standard InChI is InChI=1S/C15H10Cl2F3NO2/c1-7(23-11-4-2-3-8(16)12(11)17)15(22)21-10-6-5-9(18)13(19)14(10)20/h2-7H,1H3,(H,21,22)/t7-/m1/s1. The number of hydrogen-bond donors (Lipinski definition) is 1. The van der Waals surface area contributed by atoms with Crippen molar-refractivity contribution in [3.8, 4) is 5.75 Å². The van der Waals surface area contributed by atoms with Gasteiger partial charge in [0, 0.05) is 0 Å². The largest absolute Gasteiger partial charge is 0.479 e. The van der Waals surface area contributed by atoms with E-state index in [4.69, 9.17) is 27.9 Å². The van der Waals surface area contributed by atoms with Crippen LogP contribution in [0.15, 0.2) is 30.3 Å². The summed E-state index contributed by atoms with van der Waals surface area (Å²) in [5, 5.41) is 2.47. The van der Waals surface area contributed by atoms with Crippen molar-refractivity contribution in [3.05, 3.63) is 57.8 Å². The van der Waals surface area contributed by atoms with E-state index >= 15 is 0 Å². The van der Waals surface area contributed by atoms with Crippen LogP contribution >= 0.6 is 23.2 Å². The Hall–Kier alpha value is -1.92. The molecule has 122 valence electrons. The first-order valence-electron chi connectivity index (χ1n) is 6.36. The number of amides is 1. The quantitative estimate of drug-likeness (QED) is 0.791. The second-order valence-corrected chi connectivity index (χ2v) is 5.31. The molecule has 2 aromatic carbocycles. The number of anilines is 1. The summed E-state index contributed by atoms with van der Waals surface area (Å²) in [6.45, 7) is 1.38. The molecule has 1 atom stereocenters. The fraction of sp³-hybridized carbons (Fsp3) is 0.133. The van der Waals surface area contributed by atoms with Crippen molar-refractivity contribution >= 4 is 34.8 Å². The Labute approximate surface area is 140 Å². The van der Waals surface area contributed by atoms with Crippen LogP contribution in [-0.4, -0.2) is 12.0 Å². The molecular formula is C15H10Cl2F3NO2. The van der Waals surface area contributed by atoms with Gasteiger partial charge >= 0.3 is 0 Å². The van der Waals surface area contributed by atoms with Crippen LogP contribution in [0.3, 0.4) is 0 Å². The molecule has 3 nitrogen and oxygen atoms in total. The van der Waals surface area contributed by atoms with Gasteiger partial charge in [-0.15, -0.1) is 0 Å². The van der Waals surface area contributed by atoms with Crippen molar-refractivity contribution in [1.29, 1.82) is 0 Å². The molecule has 0 fully saturated rings. The van der Waals surface area contributed by atoms with Gasteiger partial charge in [0.25, 0.3) is 5.91 Å². The molecule has 0 heterocycles. The van der Waals surface area contributed by atoms with Crippen LogP contribution in [0.4, 0.5) is 18.9 Å². The lowest BCUT2D eigenvalue weighted by atomic mass is 10.2. The van der Waals surface area contributed by atoms with Gasteiger partial charge in [-0.3, -0.25) is 4.79 Å². The van der Waals surface area contributed by atoms with E-state index in [1.54, 1.807) is 6.07 Å². The minimum atomic E-state index is -1.67. The van der Waals surface area contributed by atoms with Gasteiger partial charge in [-0.1, -0.05) is 29.3 Å². The molecule has 2 rings (SSSR count). The van der Waals surface area contributed by atoms with E-state index in [-0.39, 0.29) is 15.8 Å². The topological polar surface area (TPSA) is 38.3 Å². The van der Waals surface area contributed by atoms with Gasteiger partial charge in [0.15, 0.2) is 23.6 Å². The molecule has 0 spiro atoms. The molecule has 0 bridgehead atoms. The Bertz CT molecular complexity index is 756. The molecule has 8 heteroatoms. The first-order chi connectivity index (χ1) is 10.8. The van der Waals surface area contributed by atoms with Crippen molar-refractivity contribution in [2.75, 3.05) is 5.32 Å². The minimum absolute atomic E-state index is 0.118. The van der Waals surface area contributed by atoms with E-state index < -0.39 is 35.2 Å². The molecule has 0 aliphatic heterocycles. The lowest BCUT2D eigenvalue weighted by Gasteiger charge is -2.16. The second kappa shape index (κ2) is 7.10. The summed E-state index contributed by atoms with van der Waals surface area (Å²) in [5.74, 6) is -5.13. The molecule has 0 saturated heterocycles. The molecule has 2 aromatic rings. The number of ether oxygens (including phenoxy) is 1. The van der Waals surface area contributed by atoms with E-state index in [1.165, 1.54) is 19.1 Å². The minimum Gasteiger partial charge on any atom is -0.479 e. The molecule has 0 unspecified atom stereocenters. The van der Waals surface area contributed by atoms with Gasteiger partial charge in [-0.05, 0) is 31.2 Å². The van der Waals surface area contributed by atoms with E-state index in [2.05, 4.69) is 5.32 Å². The highest BCUT2D eigenvalue weighted by atomic mass is 35.5. The number of nitrogens with one attached hydrogen (secondary N) is 1. The first kappa shape index (κ1) is 17.4. The van der Waals surface area contributed by atoms with Crippen LogP contribution in [0.25, 0.3) is 0 Å². The predicted octanol–water partition coefficient (Wildman–Crippen LogP) is 4.82. The number of carbonyl (C=O) groups is 1. The zero-order valence-corrected chi connectivity index (χ0v) is 13.2. The SMILES string of the molecule is C[C@@H](Oc1cccc(Cl)c1Cl)C(=O)Nc1ccc(F)c(F)c1F. The summed E-state index contributed by atoms with van der Waals surface area (Å²) >= 11 is 11.7. The third-order valence-electron chi connectivity index (χ3n) is 2.88. The van der Waals surface area contributed by atoms with Gasteiger partial charge in [0.2, 0.25) is 0 Å². The Morgan fingerprint density at radius 2 is 1.83 bits per heavy atom. The number of rotatable bonds is 4. The number of carbonyl (C=O) groups excluding carboxylic acids is 1. The number of benzene rings is 2. The highest BCUT2D eigenvalue weighted by Crippen LogP contribution is 2.32. The van der Waals surface area contributed by atoms with Crippen LogP contribution in [0.1, 0.15) is 6.92 Å². The van der Waals surface area contributed by atoms with Crippen LogP contribution < -0.4 is 10.1 Å². The fourth-order valence-electron chi connectivity index (χ4n) is 1.68. The van der Waals surface area contributed by atoms with Crippen LogP contribution in [0.2, 0.25) is 10.0 Å². The number of halogens is 5. The summed E-state index contributed by atoms with van der Waals surface area (Å²) in [6.07, 6.45) is -1.08. The third kappa shape index (κ3) is 3.89. The zero-order chi connectivity index (χ0) is 17.1. The normalized spacial score (nSPS) is 11.9. The molecule has 0 aliphatic rings. The fourth-order valence-corrected chi connectivity index (χ4v) is 2.01. The van der Waals surface area contributed by atoms with Crippen LogP contribution in [-0.2, 0) is 4.79 Å². The monoisotopic (exact) mass is 363 g/mol. The maximum atomic E-state index is 13.5. The molecule has 0 aliphatic carbocycles. The lowest BCUT2D eigenvalue weighted by molar-refractivity contribution is -0.122. The smallest absolute Gasteiger partial charge is 0.265 e. The van der Waals surface area contributed by atoms with E-state index in [1.807, 2.05) is 0 Å². The average molecular weight is 364 g/mol. The first-order valence-corrected chi connectivity index (χ1v) is 7.12. The summed E-state index contributed by atoms with van der Waals surface area (Å²) in [5.41, 5.74) is -0.499. The Morgan fingerprint density at radius 1 is 1.13 bits per heavy atom. The van der Waals surface area contributed by atoms with Crippen molar-refractivity contribution in [2.45, 2.75) is 13.0 Å². The van der Waals surface area contributed by atoms with Gasteiger partial charge in [0.1, 0.15) is 10.8 Å². The summed E-state index contributed by atoms with van der Waals surface area (Å²) in [7, 11) is 0. The Morgan fingerprint density at radius 3 is 2.52 bits per heavy atom. The number of hydrogen-bond acceptors (Lipinski definition) is 2. The molecule has 1 N–H and O–H groups in total.